The lowest BCUT2D eigenvalue weighted by atomic mass is 10.2. The van der Waals surface area contributed by atoms with Crippen LogP contribution in [0.3, 0.4) is 0 Å². The van der Waals surface area contributed by atoms with Crippen molar-refractivity contribution in [2.45, 2.75) is 18.4 Å². The summed E-state index contributed by atoms with van der Waals surface area (Å²) in [6.45, 7) is 4.47. The number of hydrogen-bond donors (Lipinski definition) is 1. The third kappa shape index (κ3) is 5.23. The monoisotopic (exact) mass is 333 g/mol. The lowest BCUT2D eigenvalue weighted by Gasteiger charge is -2.20. The second-order valence-corrected chi connectivity index (χ2v) is 7.62. The molecule has 0 radical (unpaired) electrons. The summed E-state index contributed by atoms with van der Waals surface area (Å²) in [7, 11) is 1.94. The van der Waals surface area contributed by atoms with Gasteiger partial charge in [0.25, 0.3) is 0 Å². The van der Waals surface area contributed by atoms with E-state index in [1.807, 2.05) is 25.9 Å². The van der Waals surface area contributed by atoms with Gasteiger partial charge in [-0.05, 0) is 44.4 Å². The number of sulfonamides is 1. The smallest absolute Gasteiger partial charge is 0.242 e. The molecule has 0 saturated heterocycles. The molecule has 0 unspecified atom stereocenters. The quantitative estimate of drug-likeness (QED) is 0.785. The number of hydrogen-bond acceptors (Lipinski definition) is 4. The van der Waals surface area contributed by atoms with Crippen molar-refractivity contribution < 1.29 is 8.42 Å². The second kappa shape index (κ2) is 8.10. The fourth-order valence-electron chi connectivity index (χ4n) is 1.75. The molecule has 0 bridgehead atoms. The van der Waals surface area contributed by atoms with E-state index < -0.39 is 10.0 Å². The van der Waals surface area contributed by atoms with Gasteiger partial charge in [-0.1, -0.05) is 18.5 Å². The average Bonchev–Trinajstić information content (AvgIpc) is 2.43. The first kappa shape index (κ1) is 18.4. The first-order chi connectivity index (χ1) is 9.78. The summed E-state index contributed by atoms with van der Waals surface area (Å²) in [6.07, 6.45) is 0. The molecule has 0 fully saturated rings. The third-order valence-corrected chi connectivity index (χ3v) is 5.37. The van der Waals surface area contributed by atoms with Gasteiger partial charge in [0.2, 0.25) is 10.0 Å². The fourth-order valence-corrected chi connectivity index (χ4v) is 3.15. The topological polar surface area (TPSA) is 52.7 Å². The van der Waals surface area contributed by atoms with Crippen molar-refractivity contribution in [1.82, 2.24) is 14.5 Å². The average molecular weight is 334 g/mol. The molecule has 0 aliphatic rings. The van der Waals surface area contributed by atoms with Crippen LogP contribution in [-0.2, 0) is 16.6 Å². The summed E-state index contributed by atoms with van der Waals surface area (Å²) in [4.78, 5) is 2.23. The molecule has 1 rings (SSSR count). The highest BCUT2D eigenvalue weighted by molar-refractivity contribution is 7.89. The van der Waals surface area contributed by atoms with Crippen molar-refractivity contribution in [1.29, 1.82) is 0 Å². The van der Waals surface area contributed by atoms with Gasteiger partial charge in [0.1, 0.15) is 0 Å². The minimum Gasteiger partial charge on any atom is -0.313 e. The third-order valence-electron chi connectivity index (χ3n) is 3.15. The highest BCUT2D eigenvalue weighted by atomic mass is 35.5. The van der Waals surface area contributed by atoms with Gasteiger partial charge in [-0.25, -0.2) is 8.42 Å². The van der Waals surface area contributed by atoms with Gasteiger partial charge >= 0.3 is 0 Å². The molecular formula is C14H24ClN3O2S. The van der Waals surface area contributed by atoms with Crippen molar-refractivity contribution in [3.8, 4) is 0 Å². The van der Waals surface area contributed by atoms with Crippen LogP contribution in [0.1, 0.15) is 12.5 Å². The van der Waals surface area contributed by atoms with Gasteiger partial charge < -0.3 is 10.2 Å². The van der Waals surface area contributed by atoms with Crippen LogP contribution in [0.25, 0.3) is 0 Å². The van der Waals surface area contributed by atoms with Crippen molar-refractivity contribution in [3.63, 3.8) is 0 Å². The van der Waals surface area contributed by atoms with Crippen LogP contribution in [0.15, 0.2) is 23.1 Å². The van der Waals surface area contributed by atoms with Gasteiger partial charge in [-0.15, -0.1) is 0 Å². The maximum absolute atomic E-state index is 12.5. The maximum atomic E-state index is 12.5. The van der Waals surface area contributed by atoms with Crippen LogP contribution in [-0.4, -0.2) is 58.4 Å². The normalized spacial score (nSPS) is 12.3. The molecule has 0 amide bonds. The molecule has 7 heteroatoms. The maximum Gasteiger partial charge on any atom is 0.242 e. The molecule has 0 aliphatic carbocycles. The zero-order valence-corrected chi connectivity index (χ0v) is 14.6. The zero-order chi connectivity index (χ0) is 16.0. The SMILES string of the molecule is CCNCc1cc(S(=O)(=O)N(C)CCN(C)C)ccc1Cl. The highest BCUT2D eigenvalue weighted by Crippen LogP contribution is 2.22. The Labute approximate surface area is 132 Å². The summed E-state index contributed by atoms with van der Waals surface area (Å²) in [5.41, 5.74) is 0.792. The molecule has 1 N–H and O–H groups in total. The molecule has 1 aromatic rings. The van der Waals surface area contributed by atoms with Crippen LogP contribution in [0.4, 0.5) is 0 Å². The van der Waals surface area contributed by atoms with E-state index in [0.717, 1.165) is 12.1 Å². The summed E-state index contributed by atoms with van der Waals surface area (Å²) in [6, 6.07) is 4.84. The van der Waals surface area contributed by atoms with E-state index >= 15 is 0 Å². The molecule has 1 aromatic carbocycles. The molecule has 21 heavy (non-hydrogen) atoms. The van der Waals surface area contributed by atoms with Crippen LogP contribution in [0.5, 0.6) is 0 Å². The Balaban J connectivity index is 2.97. The molecule has 0 spiro atoms. The molecule has 0 heterocycles. The van der Waals surface area contributed by atoms with Crippen molar-refractivity contribution in [2.75, 3.05) is 40.8 Å². The Kier molecular flexibility index (Phi) is 7.09. The Morgan fingerprint density at radius 3 is 2.43 bits per heavy atom. The molecular weight excluding hydrogens is 310 g/mol. The van der Waals surface area contributed by atoms with Crippen LogP contribution < -0.4 is 5.32 Å². The van der Waals surface area contributed by atoms with Gasteiger partial charge in [0.15, 0.2) is 0 Å². The number of nitrogens with zero attached hydrogens (tertiary/aromatic N) is 2. The number of benzene rings is 1. The standard InChI is InChI=1S/C14H24ClN3O2S/c1-5-16-11-12-10-13(6-7-14(12)15)21(19,20)18(4)9-8-17(2)3/h6-7,10,16H,5,8-9,11H2,1-4H3. The molecule has 0 saturated carbocycles. The second-order valence-electron chi connectivity index (χ2n) is 5.16. The zero-order valence-electron chi connectivity index (χ0n) is 13.1. The predicted octanol–water partition coefficient (Wildman–Crippen LogP) is 1.63. The Morgan fingerprint density at radius 2 is 1.86 bits per heavy atom. The first-order valence-electron chi connectivity index (χ1n) is 6.89. The van der Waals surface area contributed by atoms with Crippen LogP contribution in [0, 0.1) is 0 Å². The lowest BCUT2D eigenvalue weighted by Crippen LogP contribution is -2.33. The summed E-state index contributed by atoms with van der Waals surface area (Å²) in [5, 5.41) is 3.73. The first-order valence-corrected chi connectivity index (χ1v) is 8.71. The molecule has 5 nitrogen and oxygen atoms in total. The Morgan fingerprint density at radius 1 is 1.19 bits per heavy atom. The van der Waals surface area contributed by atoms with E-state index in [9.17, 15) is 8.42 Å². The molecule has 0 aliphatic heterocycles. The molecule has 120 valence electrons. The van der Waals surface area contributed by atoms with E-state index in [0.29, 0.717) is 24.7 Å². The van der Waals surface area contributed by atoms with Crippen molar-refractivity contribution in [3.05, 3.63) is 28.8 Å². The Hall–Kier alpha value is -0.660. The lowest BCUT2D eigenvalue weighted by molar-refractivity contribution is 0.358. The van der Waals surface area contributed by atoms with Gasteiger partial charge in [-0.2, -0.15) is 4.31 Å². The largest absolute Gasteiger partial charge is 0.313 e. The van der Waals surface area contributed by atoms with Crippen LogP contribution in [0.2, 0.25) is 5.02 Å². The van der Waals surface area contributed by atoms with Crippen molar-refractivity contribution >= 4 is 21.6 Å². The van der Waals surface area contributed by atoms with Crippen molar-refractivity contribution in [2.24, 2.45) is 0 Å². The Bertz CT molecular complexity index is 561. The minimum absolute atomic E-state index is 0.279. The van der Waals surface area contributed by atoms with Gasteiger partial charge in [0.05, 0.1) is 4.90 Å². The predicted molar refractivity (Wildman–Crippen MR) is 87.2 cm³/mol. The molecule has 0 aromatic heterocycles. The van der Waals surface area contributed by atoms with E-state index in [1.54, 1.807) is 25.2 Å². The van der Waals surface area contributed by atoms with Gasteiger partial charge in [0, 0.05) is 31.7 Å². The van der Waals surface area contributed by atoms with E-state index in [-0.39, 0.29) is 4.90 Å². The van der Waals surface area contributed by atoms with E-state index in [4.69, 9.17) is 11.6 Å². The minimum atomic E-state index is -3.48. The van der Waals surface area contributed by atoms with E-state index in [2.05, 4.69) is 5.32 Å². The van der Waals surface area contributed by atoms with Gasteiger partial charge in [-0.3, -0.25) is 0 Å². The number of halogens is 1. The highest BCUT2D eigenvalue weighted by Gasteiger charge is 2.21. The number of nitrogens with one attached hydrogen (secondary N) is 1. The number of likely N-dealkylation sites (N-methyl/N-ethyl adjacent to an activating group) is 2. The number of rotatable bonds is 8. The summed E-state index contributed by atoms with van der Waals surface area (Å²) < 4.78 is 26.4. The summed E-state index contributed by atoms with van der Waals surface area (Å²) in [5.74, 6) is 0. The van der Waals surface area contributed by atoms with E-state index in [1.165, 1.54) is 4.31 Å². The van der Waals surface area contributed by atoms with Crippen LogP contribution >= 0.6 is 11.6 Å². The molecule has 0 atom stereocenters. The summed E-state index contributed by atoms with van der Waals surface area (Å²) >= 11 is 6.11. The fraction of sp³-hybridized carbons (Fsp3) is 0.571.